The molecule has 2 heterocycles. The molecule has 162 valence electrons. The molecule has 1 fully saturated rings. The smallest absolute Gasteiger partial charge is 0.230 e. The second kappa shape index (κ2) is 10.5. The number of para-hydroxylation sites is 1. The number of thioether (sulfide) groups is 1. The number of hydrogen-bond acceptors (Lipinski definition) is 5. The Hall–Kier alpha value is -2.71. The molecule has 0 unspecified atom stereocenters. The summed E-state index contributed by atoms with van der Waals surface area (Å²) in [6.07, 6.45) is 3.72. The molecule has 0 spiro atoms. The lowest BCUT2D eigenvalue weighted by molar-refractivity contribution is -0.118. The number of hydrogen-bond donors (Lipinski definition) is 1. The van der Waals surface area contributed by atoms with Gasteiger partial charge in [-0.25, -0.2) is 4.39 Å². The van der Waals surface area contributed by atoms with Crippen molar-refractivity contribution in [2.75, 3.05) is 18.8 Å². The number of piperidine rings is 1. The average molecular weight is 440 g/mol. The zero-order valence-corrected chi connectivity index (χ0v) is 18.2. The Morgan fingerprint density at radius 2 is 1.74 bits per heavy atom. The van der Waals surface area contributed by atoms with E-state index in [1.807, 2.05) is 34.9 Å². The zero-order chi connectivity index (χ0) is 21.5. The maximum Gasteiger partial charge on any atom is 0.230 e. The number of carbonyl (C=O) groups excluding carboxylic acids is 1. The van der Waals surface area contributed by atoms with Gasteiger partial charge in [0.05, 0.1) is 12.3 Å². The largest absolute Gasteiger partial charge is 0.351 e. The van der Waals surface area contributed by atoms with Crippen LogP contribution in [0.15, 0.2) is 59.8 Å². The summed E-state index contributed by atoms with van der Waals surface area (Å²) in [5.74, 6) is 0.735. The van der Waals surface area contributed by atoms with Gasteiger partial charge in [0.2, 0.25) is 5.91 Å². The van der Waals surface area contributed by atoms with Crippen LogP contribution in [0.5, 0.6) is 0 Å². The van der Waals surface area contributed by atoms with Gasteiger partial charge in [-0.05, 0) is 55.8 Å². The van der Waals surface area contributed by atoms with Gasteiger partial charge in [0.25, 0.3) is 0 Å². The van der Waals surface area contributed by atoms with Crippen LogP contribution in [0.25, 0.3) is 5.69 Å². The summed E-state index contributed by atoms with van der Waals surface area (Å²) < 4.78 is 15.1. The van der Waals surface area contributed by atoms with E-state index in [-0.39, 0.29) is 17.5 Å². The molecule has 1 aliphatic heterocycles. The normalized spacial score (nSPS) is 14.5. The van der Waals surface area contributed by atoms with Crippen molar-refractivity contribution in [1.82, 2.24) is 25.0 Å². The van der Waals surface area contributed by atoms with Crippen LogP contribution in [0, 0.1) is 5.82 Å². The number of likely N-dealkylation sites (tertiary alicyclic amines) is 1. The van der Waals surface area contributed by atoms with Crippen LogP contribution in [0.3, 0.4) is 0 Å². The fraction of sp³-hybridized carbons (Fsp3) is 0.348. The van der Waals surface area contributed by atoms with Gasteiger partial charge >= 0.3 is 0 Å². The third-order valence-corrected chi connectivity index (χ3v) is 6.19. The Morgan fingerprint density at radius 3 is 2.48 bits per heavy atom. The Balaban J connectivity index is 1.42. The molecule has 31 heavy (non-hydrogen) atoms. The summed E-state index contributed by atoms with van der Waals surface area (Å²) in [5.41, 5.74) is 1.85. The van der Waals surface area contributed by atoms with Gasteiger partial charge in [-0.3, -0.25) is 14.3 Å². The predicted octanol–water partition coefficient (Wildman–Crippen LogP) is 3.80. The Kier molecular flexibility index (Phi) is 7.32. The highest BCUT2D eigenvalue weighted by atomic mass is 32.2. The van der Waals surface area contributed by atoms with Crippen molar-refractivity contribution in [2.45, 2.75) is 37.5 Å². The summed E-state index contributed by atoms with van der Waals surface area (Å²) >= 11 is 1.37. The van der Waals surface area contributed by atoms with Crippen LogP contribution < -0.4 is 5.32 Å². The third kappa shape index (κ3) is 5.92. The fourth-order valence-electron chi connectivity index (χ4n) is 3.63. The van der Waals surface area contributed by atoms with Crippen molar-refractivity contribution in [3.63, 3.8) is 0 Å². The first-order valence-corrected chi connectivity index (χ1v) is 11.5. The Morgan fingerprint density at radius 1 is 1.00 bits per heavy atom. The molecule has 0 radical (unpaired) electrons. The molecule has 1 aromatic heterocycles. The van der Waals surface area contributed by atoms with Crippen LogP contribution in [0.1, 0.15) is 30.7 Å². The summed E-state index contributed by atoms with van der Waals surface area (Å²) in [6, 6.07) is 16.1. The van der Waals surface area contributed by atoms with Crippen molar-refractivity contribution in [1.29, 1.82) is 0 Å². The van der Waals surface area contributed by atoms with Crippen LogP contribution in [0.2, 0.25) is 0 Å². The van der Waals surface area contributed by atoms with Crippen LogP contribution in [-0.4, -0.2) is 44.4 Å². The van der Waals surface area contributed by atoms with E-state index in [2.05, 4.69) is 20.4 Å². The molecular weight excluding hydrogens is 413 g/mol. The highest BCUT2D eigenvalue weighted by molar-refractivity contribution is 7.99. The minimum absolute atomic E-state index is 0.102. The lowest BCUT2D eigenvalue weighted by Gasteiger charge is -2.26. The van der Waals surface area contributed by atoms with E-state index in [9.17, 15) is 9.18 Å². The number of aromatic nitrogens is 3. The molecule has 0 saturated carbocycles. The molecule has 3 aromatic rings. The standard InChI is InChI=1S/C23H26FN5OS/c24-19-11-9-18(10-12-19)15-25-22(30)17-31-23-27-26-21(16-28-13-5-2-6-14-28)29(23)20-7-3-1-4-8-20/h1,3-4,7-12H,2,5-6,13-17H2,(H,25,30). The van der Waals surface area contributed by atoms with Gasteiger partial charge in [0.15, 0.2) is 11.0 Å². The van der Waals surface area contributed by atoms with Gasteiger partial charge in [-0.15, -0.1) is 10.2 Å². The molecule has 1 saturated heterocycles. The van der Waals surface area contributed by atoms with Gasteiger partial charge in [0, 0.05) is 12.2 Å². The third-order valence-electron chi connectivity index (χ3n) is 5.26. The summed E-state index contributed by atoms with van der Waals surface area (Å²) in [5, 5.41) is 12.4. The summed E-state index contributed by atoms with van der Waals surface area (Å²) in [6.45, 7) is 3.27. The van der Waals surface area contributed by atoms with Crippen molar-refractivity contribution in [3.05, 3.63) is 71.8 Å². The van der Waals surface area contributed by atoms with Gasteiger partial charge < -0.3 is 5.32 Å². The first-order valence-electron chi connectivity index (χ1n) is 10.5. The van der Waals surface area contributed by atoms with E-state index in [4.69, 9.17) is 0 Å². The minimum Gasteiger partial charge on any atom is -0.351 e. The lowest BCUT2D eigenvalue weighted by Crippen LogP contribution is -2.30. The first-order chi connectivity index (χ1) is 15.2. The monoisotopic (exact) mass is 439 g/mol. The number of carbonyl (C=O) groups is 1. The van der Waals surface area contributed by atoms with Gasteiger partial charge in [-0.1, -0.05) is 48.5 Å². The molecule has 8 heteroatoms. The van der Waals surface area contributed by atoms with E-state index >= 15 is 0 Å². The molecule has 0 atom stereocenters. The number of amides is 1. The quantitative estimate of drug-likeness (QED) is 0.541. The molecule has 1 amide bonds. The van der Waals surface area contributed by atoms with Crippen molar-refractivity contribution in [2.24, 2.45) is 0 Å². The highest BCUT2D eigenvalue weighted by Crippen LogP contribution is 2.23. The SMILES string of the molecule is O=C(CSc1nnc(CN2CCCCC2)n1-c1ccccc1)NCc1ccc(F)cc1. The first kappa shape index (κ1) is 21.5. The molecule has 4 rings (SSSR count). The lowest BCUT2D eigenvalue weighted by atomic mass is 10.1. The predicted molar refractivity (Wildman–Crippen MR) is 119 cm³/mol. The Labute approximate surface area is 185 Å². The minimum atomic E-state index is -0.286. The average Bonchev–Trinajstić information content (AvgIpc) is 3.21. The van der Waals surface area contributed by atoms with E-state index < -0.39 is 0 Å². The topological polar surface area (TPSA) is 63.1 Å². The van der Waals surface area contributed by atoms with Crippen LogP contribution in [0.4, 0.5) is 4.39 Å². The van der Waals surface area contributed by atoms with Gasteiger partial charge in [0.1, 0.15) is 5.82 Å². The Bertz CT molecular complexity index is 987. The molecule has 1 N–H and O–H groups in total. The van der Waals surface area contributed by atoms with E-state index in [0.29, 0.717) is 11.7 Å². The number of benzene rings is 2. The molecule has 6 nitrogen and oxygen atoms in total. The molecule has 1 aliphatic rings. The maximum absolute atomic E-state index is 13.0. The van der Waals surface area contributed by atoms with Crippen molar-refractivity contribution < 1.29 is 9.18 Å². The highest BCUT2D eigenvalue weighted by Gasteiger charge is 2.19. The molecule has 2 aromatic carbocycles. The van der Waals surface area contributed by atoms with Crippen molar-refractivity contribution in [3.8, 4) is 5.69 Å². The summed E-state index contributed by atoms with van der Waals surface area (Å²) in [4.78, 5) is 14.8. The van der Waals surface area contributed by atoms with Crippen LogP contribution >= 0.6 is 11.8 Å². The number of nitrogens with one attached hydrogen (secondary N) is 1. The number of halogens is 1. The maximum atomic E-state index is 13.0. The fourth-order valence-corrected chi connectivity index (χ4v) is 4.43. The van der Waals surface area contributed by atoms with Gasteiger partial charge in [-0.2, -0.15) is 0 Å². The zero-order valence-electron chi connectivity index (χ0n) is 17.3. The van der Waals surface area contributed by atoms with E-state index in [0.717, 1.165) is 36.7 Å². The van der Waals surface area contributed by atoms with E-state index in [1.54, 1.807) is 12.1 Å². The number of nitrogens with zero attached hydrogens (tertiary/aromatic N) is 4. The second-order valence-corrected chi connectivity index (χ2v) is 8.54. The van der Waals surface area contributed by atoms with Crippen LogP contribution in [-0.2, 0) is 17.9 Å². The second-order valence-electron chi connectivity index (χ2n) is 7.60. The van der Waals surface area contributed by atoms with Crippen molar-refractivity contribution >= 4 is 17.7 Å². The molecule has 0 aliphatic carbocycles. The number of rotatable bonds is 8. The van der Waals surface area contributed by atoms with E-state index in [1.165, 1.54) is 43.2 Å². The molecular formula is C23H26FN5OS. The summed E-state index contributed by atoms with van der Waals surface area (Å²) in [7, 11) is 0. The molecule has 0 bridgehead atoms.